The molecule has 0 bridgehead atoms. The highest BCUT2D eigenvalue weighted by Gasteiger charge is 2.09. The first-order valence-electron chi connectivity index (χ1n) is 5.91. The topological polar surface area (TPSA) is 12.0 Å². The normalized spacial score (nSPS) is 14.4. The van der Waals surface area contributed by atoms with Gasteiger partial charge in [0, 0.05) is 11.6 Å². The molecule has 1 aliphatic heterocycles. The molecule has 1 N–H and O–H groups in total. The second-order valence-electron chi connectivity index (χ2n) is 4.42. The molecule has 17 heavy (non-hydrogen) atoms. The first-order chi connectivity index (χ1) is 8.33. The minimum absolute atomic E-state index is 0.793. The van der Waals surface area contributed by atoms with E-state index < -0.39 is 0 Å². The van der Waals surface area contributed by atoms with Crippen molar-refractivity contribution < 1.29 is 0 Å². The monoisotopic (exact) mass is 243 g/mol. The summed E-state index contributed by atoms with van der Waals surface area (Å²) in [4.78, 5) is 0. The second-order valence-corrected chi connectivity index (χ2v) is 4.86. The van der Waals surface area contributed by atoms with Crippen molar-refractivity contribution in [1.82, 2.24) is 5.32 Å². The lowest BCUT2D eigenvalue weighted by Crippen LogP contribution is -2.23. The number of nitrogens with one attached hydrogen (secondary N) is 1. The van der Waals surface area contributed by atoms with Crippen LogP contribution in [-0.2, 0) is 13.0 Å². The minimum Gasteiger partial charge on any atom is -0.312 e. The maximum atomic E-state index is 6.03. The molecule has 0 spiro atoms. The lowest BCUT2D eigenvalue weighted by Gasteiger charge is -2.18. The Bertz CT molecular complexity index is 548. The van der Waals surface area contributed by atoms with Crippen molar-refractivity contribution >= 4 is 11.6 Å². The van der Waals surface area contributed by atoms with Gasteiger partial charge in [-0.05, 0) is 47.4 Å². The van der Waals surface area contributed by atoms with Gasteiger partial charge in [-0.2, -0.15) is 0 Å². The van der Waals surface area contributed by atoms with Gasteiger partial charge < -0.3 is 5.32 Å². The highest BCUT2D eigenvalue weighted by Crippen LogP contribution is 2.26. The zero-order valence-electron chi connectivity index (χ0n) is 9.54. The fourth-order valence-electron chi connectivity index (χ4n) is 2.32. The Labute approximate surface area is 106 Å². The van der Waals surface area contributed by atoms with Crippen molar-refractivity contribution in [2.45, 2.75) is 13.0 Å². The van der Waals surface area contributed by atoms with E-state index in [0.717, 1.165) is 24.5 Å². The lowest BCUT2D eigenvalue weighted by molar-refractivity contribution is 0.644. The van der Waals surface area contributed by atoms with E-state index in [1.165, 1.54) is 22.3 Å². The molecule has 0 saturated heterocycles. The Morgan fingerprint density at radius 2 is 1.82 bits per heavy atom. The van der Waals surface area contributed by atoms with Gasteiger partial charge in [0.1, 0.15) is 0 Å². The highest BCUT2D eigenvalue weighted by molar-refractivity contribution is 6.30. The quantitative estimate of drug-likeness (QED) is 0.806. The molecule has 0 aliphatic carbocycles. The summed E-state index contributed by atoms with van der Waals surface area (Å²) in [6.07, 6.45) is 1.11. The van der Waals surface area contributed by atoms with E-state index in [9.17, 15) is 0 Å². The van der Waals surface area contributed by atoms with Gasteiger partial charge in [0.15, 0.2) is 0 Å². The maximum Gasteiger partial charge on any atom is 0.0412 e. The molecular weight excluding hydrogens is 230 g/mol. The molecule has 0 unspecified atom stereocenters. The summed E-state index contributed by atoms with van der Waals surface area (Å²) < 4.78 is 0. The predicted molar refractivity (Wildman–Crippen MR) is 72.3 cm³/mol. The molecule has 0 amide bonds. The molecule has 0 atom stereocenters. The third-order valence-corrected chi connectivity index (χ3v) is 3.49. The molecule has 1 aliphatic rings. The van der Waals surface area contributed by atoms with E-state index >= 15 is 0 Å². The summed E-state index contributed by atoms with van der Waals surface area (Å²) in [6.45, 7) is 2.07. The van der Waals surface area contributed by atoms with Crippen molar-refractivity contribution in [2.24, 2.45) is 0 Å². The molecular formula is C15H14ClN. The molecule has 2 aromatic rings. The molecule has 3 rings (SSSR count). The summed E-state index contributed by atoms with van der Waals surface area (Å²) in [6, 6.07) is 14.7. The third-order valence-electron chi connectivity index (χ3n) is 3.25. The largest absolute Gasteiger partial charge is 0.312 e. The van der Waals surface area contributed by atoms with Crippen LogP contribution >= 0.6 is 11.6 Å². The first-order valence-corrected chi connectivity index (χ1v) is 6.29. The molecule has 86 valence electrons. The first kappa shape index (κ1) is 10.8. The van der Waals surface area contributed by atoms with Gasteiger partial charge in [-0.15, -0.1) is 0 Å². The summed E-state index contributed by atoms with van der Waals surface area (Å²) in [5.41, 5.74) is 5.33. The number of hydrogen-bond acceptors (Lipinski definition) is 1. The Kier molecular flexibility index (Phi) is 2.87. The summed E-state index contributed by atoms with van der Waals surface area (Å²) in [5, 5.41) is 4.18. The Balaban J connectivity index is 2.04. The minimum atomic E-state index is 0.793. The van der Waals surface area contributed by atoms with Gasteiger partial charge in [-0.1, -0.05) is 41.9 Å². The average molecular weight is 244 g/mol. The van der Waals surface area contributed by atoms with Crippen molar-refractivity contribution in [3.05, 3.63) is 58.6 Å². The fourth-order valence-corrected chi connectivity index (χ4v) is 2.52. The van der Waals surface area contributed by atoms with Crippen LogP contribution in [0.4, 0.5) is 0 Å². The maximum absolute atomic E-state index is 6.03. The zero-order valence-corrected chi connectivity index (χ0v) is 10.3. The van der Waals surface area contributed by atoms with Gasteiger partial charge in [0.2, 0.25) is 0 Å². The van der Waals surface area contributed by atoms with Gasteiger partial charge in [-0.25, -0.2) is 0 Å². The fraction of sp³-hybridized carbons (Fsp3) is 0.200. The van der Waals surface area contributed by atoms with Crippen LogP contribution in [0.25, 0.3) is 11.1 Å². The molecule has 2 heteroatoms. The van der Waals surface area contributed by atoms with Crippen LogP contribution in [0.2, 0.25) is 5.02 Å². The van der Waals surface area contributed by atoms with Crippen LogP contribution in [0, 0.1) is 0 Å². The number of hydrogen-bond donors (Lipinski definition) is 1. The SMILES string of the molecule is Clc1cccc(-c2ccc3c(c2)CCNC3)c1. The van der Waals surface area contributed by atoms with Crippen molar-refractivity contribution in [3.8, 4) is 11.1 Å². The molecule has 1 nitrogen and oxygen atoms in total. The Morgan fingerprint density at radius 3 is 2.71 bits per heavy atom. The zero-order chi connectivity index (χ0) is 11.7. The van der Waals surface area contributed by atoms with Crippen LogP contribution < -0.4 is 5.32 Å². The van der Waals surface area contributed by atoms with Crippen LogP contribution in [0.15, 0.2) is 42.5 Å². The van der Waals surface area contributed by atoms with Gasteiger partial charge >= 0.3 is 0 Å². The number of fused-ring (bicyclic) bond motifs is 1. The van der Waals surface area contributed by atoms with Gasteiger partial charge in [0.05, 0.1) is 0 Å². The Morgan fingerprint density at radius 1 is 0.941 bits per heavy atom. The molecule has 0 radical (unpaired) electrons. The van der Waals surface area contributed by atoms with Crippen LogP contribution in [0.1, 0.15) is 11.1 Å². The highest BCUT2D eigenvalue weighted by atomic mass is 35.5. The van der Waals surface area contributed by atoms with Crippen LogP contribution in [-0.4, -0.2) is 6.54 Å². The van der Waals surface area contributed by atoms with E-state index in [2.05, 4.69) is 29.6 Å². The van der Waals surface area contributed by atoms with Crippen LogP contribution in [0.5, 0.6) is 0 Å². The van der Waals surface area contributed by atoms with E-state index in [-0.39, 0.29) is 0 Å². The molecule has 0 aromatic heterocycles. The van der Waals surface area contributed by atoms with Gasteiger partial charge in [0.25, 0.3) is 0 Å². The predicted octanol–water partition coefficient (Wildman–Crippen LogP) is 3.65. The van der Waals surface area contributed by atoms with Crippen molar-refractivity contribution in [3.63, 3.8) is 0 Å². The van der Waals surface area contributed by atoms with E-state index in [1.54, 1.807) is 0 Å². The third kappa shape index (κ3) is 2.21. The number of halogens is 1. The average Bonchev–Trinajstić information content (AvgIpc) is 2.38. The van der Waals surface area contributed by atoms with Gasteiger partial charge in [-0.3, -0.25) is 0 Å². The second kappa shape index (κ2) is 4.52. The summed E-state index contributed by atoms with van der Waals surface area (Å²) in [5.74, 6) is 0. The van der Waals surface area contributed by atoms with E-state index in [4.69, 9.17) is 11.6 Å². The summed E-state index contributed by atoms with van der Waals surface area (Å²) in [7, 11) is 0. The van der Waals surface area contributed by atoms with E-state index in [0.29, 0.717) is 0 Å². The smallest absolute Gasteiger partial charge is 0.0412 e. The van der Waals surface area contributed by atoms with E-state index in [1.807, 2.05) is 18.2 Å². The Hall–Kier alpha value is -1.31. The molecule has 0 fully saturated rings. The standard InChI is InChI=1S/C15H14ClN/c16-15-3-1-2-11(9-15)12-4-5-14-10-17-7-6-13(14)8-12/h1-5,8-9,17H,6-7,10H2. The number of benzene rings is 2. The van der Waals surface area contributed by atoms with Crippen molar-refractivity contribution in [2.75, 3.05) is 6.54 Å². The number of rotatable bonds is 1. The van der Waals surface area contributed by atoms with Crippen LogP contribution in [0.3, 0.4) is 0 Å². The van der Waals surface area contributed by atoms with Crippen molar-refractivity contribution in [1.29, 1.82) is 0 Å². The summed E-state index contributed by atoms with van der Waals surface area (Å²) >= 11 is 6.03. The molecule has 0 saturated carbocycles. The molecule has 2 aromatic carbocycles. The molecule has 1 heterocycles. The lowest BCUT2D eigenvalue weighted by atomic mass is 9.95.